The molecule has 0 saturated heterocycles. The molecule has 3 rings (SSSR count). The Kier molecular flexibility index (Phi) is 7.59. The van der Waals surface area contributed by atoms with Crippen LogP contribution in [0.25, 0.3) is 6.08 Å². The van der Waals surface area contributed by atoms with Gasteiger partial charge in [0, 0.05) is 12.1 Å². The van der Waals surface area contributed by atoms with E-state index < -0.39 is 5.91 Å². The minimum Gasteiger partial charge on any atom is -0.488 e. The van der Waals surface area contributed by atoms with Gasteiger partial charge < -0.3 is 10.1 Å². The van der Waals surface area contributed by atoms with Crippen molar-refractivity contribution in [1.29, 1.82) is 10.5 Å². The summed E-state index contributed by atoms with van der Waals surface area (Å²) in [6.45, 7) is 0.599. The van der Waals surface area contributed by atoms with Crippen molar-refractivity contribution >= 4 is 27.9 Å². The molecule has 0 fully saturated rings. The van der Waals surface area contributed by atoms with Gasteiger partial charge in [0.05, 0.1) is 16.1 Å². The largest absolute Gasteiger partial charge is 0.488 e. The first-order valence-electron chi connectivity index (χ1n) is 9.45. The summed E-state index contributed by atoms with van der Waals surface area (Å²) in [4.78, 5) is 12.4. The van der Waals surface area contributed by atoms with Crippen LogP contribution >= 0.6 is 15.9 Å². The Morgan fingerprint density at radius 1 is 1.03 bits per heavy atom. The number of benzene rings is 3. The number of carbonyl (C=O) groups excluding carboxylic acids is 1. The highest BCUT2D eigenvalue weighted by Gasteiger charge is 2.10. The smallest absolute Gasteiger partial charge is 0.262 e. The second-order valence-electron chi connectivity index (χ2n) is 6.59. The molecular formula is C25H18BrN3O2. The highest BCUT2D eigenvalue weighted by Crippen LogP contribution is 2.28. The average Bonchev–Trinajstić information content (AvgIpc) is 2.81. The van der Waals surface area contributed by atoms with Crippen molar-refractivity contribution in [2.45, 2.75) is 13.2 Å². The normalized spacial score (nSPS) is 10.6. The van der Waals surface area contributed by atoms with E-state index in [0.29, 0.717) is 27.9 Å². The first-order chi connectivity index (χ1) is 15.1. The van der Waals surface area contributed by atoms with Gasteiger partial charge in [0.25, 0.3) is 5.91 Å². The number of ether oxygens (including phenoxy) is 1. The van der Waals surface area contributed by atoms with E-state index in [9.17, 15) is 15.3 Å². The van der Waals surface area contributed by atoms with E-state index in [-0.39, 0.29) is 12.2 Å². The van der Waals surface area contributed by atoms with Gasteiger partial charge in [0.15, 0.2) is 0 Å². The lowest BCUT2D eigenvalue weighted by Crippen LogP contribution is -2.23. The van der Waals surface area contributed by atoms with Crippen molar-refractivity contribution in [3.05, 3.63) is 105 Å². The lowest BCUT2D eigenvalue weighted by atomic mass is 10.1. The number of amides is 1. The molecular weight excluding hydrogens is 454 g/mol. The molecule has 0 atom stereocenters. The molecule has 6 heteroatoms. The minimum absolute atomic E-state index is 0.0134. The van der Waals surface area contributed by atoms with Gasteiger partial charge in [0.2, 0.25) is 0 Å². The van der Waals surface area contributed by atoms with Crippen molar-refractivity contribution in [2.24, 2.45) is 0 Å². The van der Waals surface area contributed by atoms with Gasteiger partial charge in [-0.25, -0.2) is 0 Å². The zero-order valence-electron chi connectivity index (χ0n) is 16.5. The SMILES string of the molecule is N#C/C(=C\c1ccc(OCc2ccccc2C#N)c(Br)c1)C(=O)NCc1ccccc1. The highest BCUT2D eigenvalue weighted by molar-refractivity contribution is 9.10. The fraction of sp³-hybridized carbons (Fsp3) is 0.0800. The highest BCUT2D eigenvalue weighted by atomic mass is 79.9. The molecule has 1 N–H and O–H groups in total. The summed E-state index contributed by atoms with van der Waals surface area (Å²) >= 11 is 3.46. The van der Waals surface area contributed by atoms with Crippen LogP contribution in [0, 0.1) is 22.7 Å². The molecule has 0 unspecified atom stereocenters. The van der Waals surface area contributed by atoms with Gasteiger partial charge in [-0.15, -0.1) is 0 Å². The number of hydrogen-bond donors (Lipinski definition) is 1. The van der Waals surface area contributed by atoms with Crippen LogP contribution in [0.4, 0.5) is 0 Å². The Balaban J connectivity index is 1.67. The third-order valence-corrected chi connectivity index (χ3v) is 5.07. The van der Waals surface area contributed by atoms with Gasteiger partial charge in [0.1, 0.15) is 24.0 Å². The molecule has 0 aliphatic carbocycles. The lowest BCUT2D eigenvalue weighted by Gasteiger charge is -2.10. The molecule has 0 saturated carbocycles. The molecule has 0 aliphatic rings. The van der Waals surface area contributed by atoms with Crippen LogP contribution in [0.2, 0.25) is 0 Å². The standard InChI is InChI=1S/C25H18BrN3O2/c26-23-13-19(10-11-24(23)31-17-21-9-5-4-8-20(21)14-27)12-22(15-28)25(30)29-16-18-6-2-1-3-7-18/h1-13H,16-17H2,(H,29,30)/b22-12+. The van der Waals surface area contributed by atoms with Crippen molar-refractivity contribution in [3.8, 4) is 17.9 Å². The minimum atomic E-state index is -0.434. The Bertz CT molecular complexity index is 1190. The Hall–Kier alpha value is -3.87. The van der Waals surface area contributed by atoms with E-state index in [0.717, 1.165) is 11.1 Å². The number of carbonyl (C=O) groups is 1. The molecule has 0 bridgehead atoms. The van der Waals surface area contributed by atoms with Crippen LogP contribution in [0.3, 0.4) is 0 Å². The topological polar surface area (TPSA) is 85.9 Å². The van der Waals surface area contributed by atoms with Crippen molar-refractivity contribution in [2.75, 3.05) is 0 Å². The predicted octanol–water partition coefficient (Wildman–Crippen LogP) is 5.12. The fourth-order valence-electron chi connectivity index (χ4n) is 2.82. The molecule has 31 heavy (non-hydrogen) atoms. The van der Waals surface area contributed by atoms with Crippen molar-refractivity contribution in [3.63, 3.8) is 0 Å². The van der Waals surface area contributed by atoms with E-state index >= 15 is 0 Å². The van der Waals surface area contributed by atoms with E-state index in [1.807, 2.05) is 54.6 Å². The van der Waals surface area contributed by atoms with E-state index in [2.05, 4.69) is 27.3 Å². The fourth-order valence-corrected chi connectivity index (χ4v) is 3.33. The number of nitrogens with zero attached hydrogens (tertiary/aromatic N) is 2. The number of halogens is 1. The zero-order valence-corrected chi connectivity index (χ0v) is 18.1. The third-order valence-electron chi connectivity index (χ3n) is 4.45. The molecule has 1 amide bonds. The summed E-state index contributed by atoms with van der Waals surface area (Å²) in [5, 5.41) is 21.3. The van der Waals surface area contributed by atoms with Gasteiger partial charge >= 0.3 is 0 Å². The number of nitriles is 2. The first-order valence-corrected chi connectivity index (χ1v) is 10.2. The molecule has 5 nitrogen and oxygen atoms in total. The second-order valence-corrected chi connectivity index (χ2v) is 7.44. The molecule has 0 radical (unpaired) electrons. The average molecular weight is 472 g/mol. The summed E-state index contributed by atoms with van der Waals surface area (Å²) < 4.78 is 6.50. The number of nitrogens with one attached hydrogen (secondary N) is 1. The summed E-state index contributed by atoms with van der Waals surface area (Å²) in [6, 6.07) is 26.1. The molecule has 0 heterocycles. The van der Waals surface area contributed by atoms with Gasteiger partial charge in [-0.2, -0.15) is 10.5 Å². The second kappa shape index (κ2) is 10.8. The Morgan fingerprint density at radius 3 is 2.48 bits per heavy atom. The van der Waals surface area contributed by atoms with Crippen LogP contribution in [0.1, 0.15) is 22.3 Å². The molecule has 3 aromatic carbocycles. The van der Waals surface area contributed by atoms with E-state index in [1.165, 1.54) is 6.08 Å². The van der Waals surface area contributed by atoms with Crippen LogP contribution in [0.15, 0.2) is 82.8 Å². The molecule has 3 aromatic rings. The maximum Gasteiger partial charge on any atom is 0.262 e. The summed E-state index contributed by atoms with van der Waals surface area (Å²) in [5.74, 6) is 0.160. The summed E-state index contributed by atoms with van der Waals surface area (Å²) in [5.41, 5.74) is 3.01. The predicted molar refractivity (Wildman–Crippen MR) is 122 cm³/mol. The molecule has 0 aliphatic heterocycles. The molecule has 0 spiro atoms. The third kappa shape index (κ3) is 6.05. The lowest BCUT2D eigenvalue weighted by molar-refractivity contribution is -0.117. The van der Waals surface area contributed by atoms with Crippen LogP contribution in [-0.2, 0) is 17.9 Å². The summed E-state index contributed by atoms with van der Waals surface area (Å²) in [7, 11) is 0. The Morgan fingerprint density at radius 2 is 1.77 bits per heavy atom. The monoisotopic (exact) mass is 471 g/mol. The maximum absolute atomic E-state index is 12.4. The summed E-state index contributed by atoms with van der Waals surface area (Å²) in [6.07, 6.45) is 1.53. The van der Waals surface area contributed by atoms with Crippen LogP contribution in [0.5, 0.6) is 5.75 Å². The van der Waals surface area contributed by atoms with Crippen molar-refractivity contribution < 1.29 is 9.53 Å². The van der Waals surface area contributed by atoms with Crippen LogP contribution in [-0.4, -0.2) is 5.91 Å². The quantitative estimate of drug-likeness (QED) is 0.382. The Labute approximate surface area is 189 Å². The van der Waals surface area contributed by atoms with Crippen LogP contribution < -0.4 is 10.1 Å². The number of rotatable bonds is 7. The van der Waals surface area contributed by atoms with E-state index in [4.69, 9.17) is 4.74 Å². The van der Waals surface area contributed by atoms with Gasteiger partial charge in [-0.05, 0) is 51.3 Å². The molecule has 152 valence electrons. The van der Waals surface area contributed by atoms with E-state index in [1.54, 1.807) is 24.3 Å². The van der Waals surface area contributed by atoms with Crippen molar-refractivity contribution in [1.82, 2.24) is 5.32 Å². The molecule has 0 aromatic heterocycles. The zero-order chi connectivity index (χ0) is 22.1. The first kappa shape index (κ1) is 21.8. The maximum atomic E-state index is 12.4. The van der Waals surface area contributed by atoms with Gasteiger partial charge in [-0.3, -0.25) is 4.79 Å². The number of hydrogen-bond acceptors (Lipinski definition) is 4. The van der Waals surface area contributed by atoms with Gasteiger partial charge in [-0.1, -0.05) is 54.6 Å².